The number of hydrogen-bond donors (Lipinski definition) is 7. The molecule has 68 heavy (non-hydrogen) atoms. The van der Waals surface area contributed by atoms with E-state index in [1.54, 1.807) is 12.1 Å². The van der Waals surface area contributed by atoms with E-state index in [9.17, 15) is 45.3 Å². The van der Waals surface area contributed by atoms with Crippen LogP contribution in [0.5, 0.6) is 17.2 Å². The van der Waals surface area contributed by atoms with E-state index in [1.807, 2.05) is 0 Å². The molecule has 19 unspecified atom stereocenters. The molecule has 0 aromatic heterocycles. The number of hydrogen-bond acceptors (Lipinski definition) is 16. The first-order valence-electron chi connectivity index (χ1n) is 24.5. The summed E-state index contributed by atoms with van der Waals surface area (Å²) in [6.07, 6.45) is -5.31. The Bertz CT molecular complexity index is 2120. The van der Waals surface area contributed by atoms with Crippen LogP contribution in [0.25, 0.3) is 0 Å². The minimum Gasteiger partial charge on any atom is -0.493 e. The van der Waals surface area contributed by atoms with Crippen LogP contribution in [-0.4, -0.2) is 150 Å². The highest BCUT2D eigenvalue weighted by atomic mass is 16.8. The Hall–Kier alpha value is -3.10. The zero-order valence-electron chi connectivity index (χ0n) is 40.9. The monoisotopic (exact) mass is 958 g/mol. The lowest BCUT2D eigenvalue weighted by molar-refractivity contribution is -0.370. The van der Waals surface area contributed by atoms with Gasteiger partial charge in [-0.2, -0.15) is 0 Å². The highest BCUT2D eigenvalue weighted by Crippen LogP contribution is 2.85. The fraction of sp³-hybridized carbons (Fsp3) is 0.804. The summed E-state index contributed by atoms with van der Waals surface area (Å²) in [5.74, 6) is 0.00913. The van der Waals surface area contributed by atoms with Gasteiger partial charge in [-0.25, -0.2) is 4.79 Å². The largest absolute Gasteiger partial charge is 0.493 e. The predicted molar refractivity (Wildman–Crippen MR) is 240 cm³/mol. The molecule has 1 spiro atoms. The maximum absolute atomic E-state index is 13.9. The molecular formula is C51H74O17. The molecule has 2 saturated heterocycles. The maximum Gasteiger partial charge on any atom is 0.338 e. The molecule has 17 nitrogen and oxygen atoms in total. The van der Waals surface area contributed by atoms with Crippen LogP contribution >= 0.6 is 0 Å². The summed E-state index contributed by atoms with van der Waals surface area (Å²) in [7, 11) is 4.44. The highest BCUT2D eigenvalue weighted by Gasteiger charge is 2.79. The van der Waals surface area contributed by atoms with Crippen LogP contribution in [0.1, 0.15) is 110 Å². The van der Waals surface area contributed by atoms with Crippen LogP contribution in [0.15, 0.2) is 23.8 Å². The molecule has 7 fully saturated rings. The number of carbonyl (C=O) groups is 2. The number of ether oxygens (including phenoxy) is 8. The summed E-state index contributed by atoms with van der Waals surface area (Å²) < 4.78 is 47.2. The molecule has 1 aromatic rings. The van der Waals surface area contributed by atoms with Gasteiger partial charge in [-0.3, -0.25) is 4.79 Å². The molecule has 380 valence electrons. The molecular weight excluding hydrogens is 885 g/mol. The molecule has 2 aliphatic heterocycles. The van der Waals surface area contributed by atoms with Gasteiger partial charge >= 0.3 is 11.9 Å². The van der Waals surface area contributed by atoms with Crippen LogP contribution < -0.4 is 14.2 Å². The number of esters is 1. The number of aliphatic hydroxyl groups is 6. The second-order valence-corrected chi connectivity index (χ2v) is 23.3. The van der Waals surface area contributed by atoms with Crippen LogP contribution in [0.3, 0.4) is 0 Å². The van der Waals surface area contributed by atoms with Crippen LogP contribution in [0, 0.1) is 56.2 Å². The van der Waals surface area contributed by atoms with Crippen molar-refractivity contribution in [2.75, 3.05) is 34.5 Å². The van der Waals surface area contributed by atoms with Gasteiger partial charge in [0.2, 0.25) is 5.75 Å². The van der Waals surface area contributed by atoms with E-state index in [4.69, 9.17) is 37.9 Å². The summed E-state index contributed by atoms with van der Waals surface area (Å²) in [6.45, 7) is 12.6. The third-order valence-corrected chi connectivity index (χ3v) is 19.4. The van der Waals surface area contributed by atoms with Gasteiger partial charge < -0.3 is 73.6 Å². The van der Waals surface area contributed by atoms with Crippen molar-refractivity contribution in [3.05, 3.63) is 29.3 Å². The van der Waals surface area contributed by atoms with Crippen molar-refractivity contribution < 1.29 is 83.2 Å². The fourth-order valence-corrected chi connectivity index (χ4v) is 15.8. The number of aliphatic carboxylic acids is 1. The second kappa shape index (κ2) is 17.3. The van der Waals surface area contributed by atoms with E-state index in [1.165, 1.54) is 26.9 Å². The summed E-state index contributed by atoms with van der Waals surface area (Å²) in [4.78, 5) is 27.8. The number of allylic oxidation sites excluding steroid dienone is 2. The van der Waals surface area contributed by atoms with E-state index in [2.05, 4.69) is 47.6 Å². The Labute approximate surface area is 398 Å². The summed E-state index contributed by atoms with van der Waals surface area (Å²) in [5, 5.41) is 74.8. The number of carbonyl (C=O) groups excluding carboxylic acids is 1. The molecule has 2 heterocycles. The lowest BCUT2D eigenvalue weighted by Crippen LogP contribution is -2.66. The first kappa shape index (κ1) is 49.9. The minimum atomic E-state index is -1.66. The van der Waals surface area contributed by atoms with E-state index in [-0.39, 0.29) is 52.6 Å². The normalized spacial score (nSPS) is 46.5. The zero-order valence-corrected chi connectivity index (χ0v) is 40.9. The molecule has 8 aliphatic rings. The lowest BCUT2D eigenvalue weighted by Gasteiger charge is -2.69. The summed E-state index contributed by atoms with van der Waals surface area (Å²) in [6, 6.07) is 3.10. The molecule has 0 radical (unpaired) electrons. The standard InChI is InChI=1S/C51H74O17/c1-46(2)20-27-26-10-11-33-48(5)14-13-34(67-44-41(38(56)37(55)31(22-52)65-44)68-43-39(57)36(54)28(53)23-64-43)47(3,4)32(48)12-15-49(33,6)51(26)19-25(51)18-50(27,45(59)60)21-35(46)66-42(58)24-16-29(61-7)40(63-9)30(17-24)62-8/h10,16-17,25,27-28,31-39,41,43-44,52-57H,11-15,18-23H2,1-9H3,(H,59,60). The number of methoxy groups -OCH3 is 3. The molecule has 1 aromatic carbocycles. The van der Waals surface area contributed by atoms with Crippen molar-refractivity contribution in [3.63, 3.8) is 0 Å². The molecule has 6 aliphatic carbocycles. The number of benzene rings is 1. The molecule has 9 rings (SSSR count). The molecule has 17 heteroatoms. The van der Waals surface area contributed by atoms with Gasteiger partial charge in [0.05, 0.1) is 51.6 Å². The number of carboxylic acids is 1. The van der Waals surface area contributed by atoms with Crippen molar-refractivity contribution in [2.24, 2.45) is 56.2 Å². The van der Waals surface area contributed by atoms with Crippen LogP contribution in [0.2, 0.25) is 0 Å². The number of rotatable bonds is 11. The second-order valence-electron chi connectivity index (χ2n) is 23.3. The molecule has 19 atom stereocenters. The molecule has 0 amide bonds. The number of fused-ring (bicyclic) bond motifs is 5. The van der Waals surface area contributed by atoms with Crippen molar-refractivity contribution in [3.8, 4) is 17.2 Å². The Balaban J connectivity index is 0.958. The summed E-state index contributed by atoms with van der Waals surface area (Å²) >= 11 is 0. The van der Waals surface area contributed by atoms with Gasteiger partial charge in [0.1, 0.15) is 48.8 Å². The Kier molecular flexibility index (Phi) is 12.7. The van der Waals surface area contributed by atoms with Gasteiger partial charge in [0, 0.05) is 17.3 Å². The van der Waals surface area contributed by atoms with Crippen molar-refractivity contribution in [2.45, 2.75) is 167 Å². The molecule has 5 saturated carbocycles. The molecule has 7 N–H and O–H groups in total. The van der Waals surface area contributed by atoms with Crippen LogP contribution in [-0.2, 0) is 28.5 Å². The van der Waals surface area contributed by atoms with E-state index in [0.717, 1.165) is 32.1 Å². The highest BCUT2D eigenvalue weighted by molar-refractivity contribution is 5.91. The average molecular weight is 959 g/mol. The Morgan fingerprint density at radius 1 is 0.765 bits per heavy atom. The van der Waals surface area contributed by atoms with E-state index < -0.39 is 102 Å². The third-order valence-electron chi connectivity index (χ3n) is 19.4. The third kappa shape index (κ3) is 7.28. The van der Waals surface area contributed by atoms with Gasteiger partial charge in [0.25, 0.3) is 0 Å². The minimum absolute atomic E-state index is 0.0969. The quantitative estimate of drug-likeness (QED) is 0.0941. The van der Waals surface area contributed by atoms with Gasteiger partial charge in [-0.15, -0.1) is 0 Å². The van der Waals surface area contributed by atoms with Gasteiger partial charge in [-0.1, -0.05) is 53.2 Å². The number of carboxylic acid groups (broad SMARTS) is 1. The van der Waals surface area contributed by atoms with Crippen molar-refractivity contribution in [1.29, 1.82) is 0 Å². The van der Waals surface area contributed by atoms with E-state index in [0.29, 0.717) is 42.4 Å². The lowest BCUT2D eigenvalue weighted by atomic mass is 9.36. The Morgan fingerprint density at radius 3 is 2.09 bits per heavy atom. The van der Waals surface area contributed by atoms with Crippen LogP contribution in [0.4, 0.5) is 0 Å². The maximum atomic E-state index is 13.9. The topological polar surface area (TPSA) is 250 Å². The zero-order chi connectivity index (χ0) is 49.3. The fourth-order valence-electron chi connectivity index (χ4n) is 15.8. The summed E-state index contributed by atoms with van der Waals surface area (Å²) in [5.41, 5.74) is -0.912. The number of aliphatic hydroxyl groups excluding tert-OH is 6. The molecule has 0 bridgehead atoms. The smallest absolute Gasteiger partial charge is 0.338 e. The first-order valence-corrected chi connectivity index (χ1v) is 24.5. The van der Waals surface area contributed by atoms with Crippen molar-refractivity contribution in [1.82, 2.24) is 0 Å². The van der Waals surface area contributed by atoms with Gasteiger partial charge in [-0.05, 0) is 103 Å². The Morgan fingerprint density at radius 2 is 1.46 bits per heavy atom. The first-order chi connectivity index (χ1) is 32.0. The predicted octanol–water partition coefficient (Wildman–Crippen LogP) is 3.99. The SMILES string of the molecule is COc1cc(C(=O)OC2CC3(C(=O)O)CC4CC45C(=CCC4C6(C)CCC(OC7OC(CO)C(O)C(O)C7OC7OCC(O)C(O)C7O)C(C)(C)C6CCC45C)C3CC2(C)C)cc(OC)c1OC. The average Bonchev–Trinajstić information content (AvgIpc) is 4.03. The van der Waals surface area contributed by atoms with Crippen molar-refractivity contribution >= 4 is 11.9 Å². The van der Waals surface area contributed by atoms with Gasteiger partial charge in [0.15, 0.2) is 24.1 Å². The van der Waals surface area contributed by atoms with E-state index >= 15 is 0 Å².